The van der Waals surface area contributed by atoms with Crippen LogP contribution in [0.2, 0.25) is 5.22 Å². The number of primary amides is 1. The molecule has 0 spiro atoms. The van der Waals surface area contributed by atoms with E-state index in [9.17, 15) is 26.7 Å². The Morgan fingerprint density at radius 2 is 1.80 bits per heavy atom. The first-order valence-electron chi connectivity index (χ1n) is 8.27. The molecular formula is C19H12ClF5N2O3. The molecule has 1 amide bonds. The molecule has 5 nitrogen and oxygen atoms in total. The fourth-order valence-corrected chi connectivity index (χ4v) is 2.81. The van der Waals surface area contributed by atoms with E-state index in [1.165, 1.54) is 19.1 Å². The highest BCUT2D eigenvalue weighted by Crippen LogP contribution is 2.35. The SMILES string of the molecule is CC(Oc1ccc(F)c(C(N)=O)c1F)c1nc(-c2ccc(C(F)(F)F)cc2)c(Cl)o1. The van der Waals surface area contributed by atoms with Crippen LogP contribution in [0.15, 0.2) is 40.8 Å². The first-order valence-corrected chi connectivity index (χ1v) is 8.65. The molecule has 11 heteroatoms. The fourth-order valence-electron chi connectivity index (χ4n) is 2.58. The lowest BCUT2D eigenvalue weighted by Gasteiger charge is -2.13. The predicted octanol–water partition coefficient (Wildman–Crippen LogP) is 5.53. The largest absolute Gasteiger partial charge is 0.478 e. The van der Waals surface area contributed by atoms with E-state index in [1.54, 1.807) is 0 Å². The summed E-state index contributed by atoms with van der Waals surface area (Å²) < 4.78 is 76.6. The highest BCUT2D eigenvalue weighted by atomic mass is 35.5. The van der Waals surface area contributed by atoms with E-state index in [0.29, 0.717) is 0 Å². The molecule has 0 aliphatic carbocycles. The van der Waals surface area contributed by atoms with E-state index in [4.69, 9.17) is 26.5 Å². The number of halogens is 6. The third-order valence-corrected chi connectivity index (χ3v) is 4.30. The van der Waals surface area contributed by atoms with Gasteiger partial charge in [-0.1, -0.05) is 12.1 Å². The van der Waals surface area contributed by atoms with Crippen LogP contribution in [-0.2, 0) is 6.18 Å². The van der Waals surface area contributed by atoms with Gasteiger partial charge in [-0.25, -0.2) is 13.8 Å². The van der Waals surface area contributed by atoms with Gasteiger partial charge in [0.15, 0.2) is 17.7 Å². The molecule has 1 unspecified atom stereocenters. The molecule has 3 aromatic rings. The number of ether oxygens (including phenoxy) is 1. The first kappa shape index (κ1) is 21.6. The zero-order valence-corrected chi connectivity index (χ0v) is 15.8. The molecule has 0 aliphatic heterocycles. The maximum atomic E-state index is 14.3. The molecule has 0 saturated heterocycles. The van der Waals surface area contributed by atoms with E-state index in [1.807, 2.05) is 0 Å². The molecule has 2 N–H and O–H groups in total. The Hall–Kier alpha value is -3.14. The molecule has 0 fully saturated rings. The molecule has 0 aliphatic rings. The van der Waals surface area contributed by atoms with Crippen LogP contribution in [0, 0.1) is 11.6 Å². The van der Waals surface area contributed by atoms with Crippen LogP contribution in [0.1, 0.15) is 34.8 Å². The number of benzene rings is 2. The normalized spacial score (nSPS) is 12.6. The van der Waals surface area contributed by atoms with Gasteiger partial charge in [0.2, 0.25) is 11.1 Å². The molecule has 0 radical (unpaired) electrons. The quantitative estimate of drug-likeness (QED) is 0.523. The summed E-state index contributed by atoms with van der Waals surface area (Å²) in [6, 6.07) is 5.82. The first-order chi connectivity index (χ1) is 14.0. The summed E-state index contributed by atoms with van der Waals surface area (Å²) in [5.41, 5.74) is 3.45. The summed E-state index contributed by atoms with van der Waals surface area (Å²) >= 11 is 5.98. The molecule has 1 atom stereocenters. The van der Waals surface area contributed by atoms with Crippen molar-refractivity contribution in [3.05, 3.63) is 70.3 Å². The van der Waals surface area contributed by atoms with E-state index in [-0.39, 0.29) is 22.4 Å². The van der Waals surface area contributed by atoms with Crippen LogP contribution in [0.5, 0.6) is 5.75 Å². The Bertz CT molecular complexity index is 1100. The van der Waals surface area contributed by atoms with Crippen LogP contribution in [0.25, 0.3) is 11.3 Å². The van der Waals surface area contributed by atoms with Crippen LogP contribution < -0.4 is 10.5 Å². The molecule has 0 saturated carbocycles. The zero-order valence-electron chi connectivity index (χ0n) is 15.1. The topological polar surface area (TPSA) is 78.4 Å². The number of carbonyl (C=O) groups excluding carboxylic acids is 1. The van der Waals surface area contributed by atoms with Crippen LogP contribution in [0.4, 0.5) is 22.0 Å². The Balaban J connectivity index is 1.87. The van der Waals surface area contributed by atoms with Gasteiger partial charge in [0.1, 0.15) is 17.1 Å². The minimum atomic E-state index is -4.50. The molecule has 3 rings (SSSR count). The Morgan fingerprint density at radius 3 is 2.37 bits per heavy atom. The van der Waals surface area contributed by atoms with Gasteiger partial charge < -0.3 is 14.9 Å². The number of carbonyl (C=O) groups is 1. The maximum Gasteiger partial charge on any atom is 0.416 e. The minimum absolute atomic E-state index is 0.0493. The third kappa shape index (κ3) is 4.23. The van der Waals surface area contributed by atoms with Crippen molar-refractivity contribution in [3.63, 3.8) is 0 Å². The van der Waals surface area contributed by atoms with Gasteiger partial charge in [0.25, 0.3) is 5.91 Å². The zero-order chi connectivity index (χ0) is 22.2. The van der Waals surface area contributed by atoms with Gasteiger partial charge >= 0.3 is 6.18 Å². The summed E-state index contributed by atoms with van der Waals surface area (Å²) in [6.45, 7) is 1.41. The summed E-state index contributed by atoms with van der Waals surface area (Å²) in [4.78, 5) is 15.3. The van der Waals surface area contributed by atoms with Crippen LogP contribution in [-0.4, -0.2) is 10.9 Å². The van der Waals surface area contributed by atoms with Gasteiger partial charge in [-0.2, -0.15) is 13.2 Å². The summed E-state index contributed by atoms with van der Waals surface area (Å²) in [7, 11) is 0. The number of amides is 1. The van der Waals surface area contributed by atoms with E-state index < -0.39 is 46.7 Å². The number of nitrogens with zero attached hydrogens (tertiary/aromatic N) is 1. The van der Waals surface area contributed by atoms with Gasteiger partial charge in [0.05, 0.1) is 5.56 Å². The summed E-state index contributed by atoms with van der Waals surface area (Å²) in [6.07, 6.45) is -5.55. The number of hydrogen-bond acceptors (Lipinski definition) is 4. The Kier molecular flexibility index (Phi) is 5.71. The number of nitrogens with two attached hydrogens (primary N) is 1. The average Bonchev–Trinajstić information content (AvgIpc) is 3.05. The second-order valence-corrected chi connectivity index (χ2v) is 6.45. The number of alkyl halides is 3. The smallest absolute Gasteiger partial charge is 0.416 e. The van der Waals surface area contributed by atoms with Crippen molar-refractivity contribution >= 4 is 17.5 Å². The number of rotatable bonds is 5. The summed E-state index contributed by atoms with van der Waals surface area (Å²) in [5.74, 6) is -4.37. The molecule has 2 aromatic carbocycles. The van der Waals surface area contributed by atoms with Gasteiger partial charge in [-0.15, -0.1) is 0 Å². The monoisotopic (exact) mass is 446 g/mol. The Labute approximate surface area is 171 Å². The standard InChI is InChI=1S/C19H12ClF5N2O3/c1-8(29-12-7-6-11(21)13(14(12)22)17(26)28)18-27-15(16(20)30-18)9-2-4-10(5-3-9)19(23,24)25/h2-8H,1H3,(H2,26,28). The van der Waals surface area contributed by atoms with Crippen molar-refractivity contribution in [2.45, 2.75) is 19.2 Å². The molecule has 1 aromatic heterocycles. The second-order valence-electron chi connectivity index (χ2n) is 6.11. The lowest BCUT2D eigenvalue weighted by atomic mass is 10.1. The van der Waals surface area contributed by atoms with E-state index in [0.717, 1.165) is 24.3 Å². The van der Waals surface area contributed by atoms with Crippen molar-refractivity contribution in [2.75, 3.05) is 0 Å². The predicted molar refractivity (Wildman–Crippen MR) is 95.9 cm³/mol. The van der Waals surface area contributed by atoms with Gasteiger partial charge in [-0.3, -0.25) is 4.79 Å². The molecular weight excluding hydrogens is 435 g/mol. The second kappa shape index (κ2) is 7.94. The fraction of sp³-hybridized carbons (Fsp3) is 0.158. The van der Waals surface area contributed by atoms with Crippen molar-refractivity contribution in [3.8, 4) is 17.0 Å². The maximum absolute atomic E-state index is 14.3. The highest BCUT2D eigenvalue weighted by molar-refractivity contribution is 6.31. The van der Waals surface area contributed by atoms with Crippen molar-refractivity contribution in [1.82, 2.24) is 4.98 Å². The number of aromatic nitrogens is 1. The minimum Gasteiger partial charge on any atom is -0.478 e. The number of oxazole rings is 1. The van der Waals surface area contributed by atoms with E-state index >= 15 is 0 Å². The van der Waals surface area contributed by atoms with Crippen molar-refractivity contribution in [1.29, 1.82) is 0 Å². The van der Waals surface area contributed by atoms with Crippen molar-refractivity contribution in [2.24, 2.45) is 5.73 Å². The highest BCUT2D eigenvalue weighted by Gasteiger charge is 2.30. The number of hydrogen-bond donors (Lipinski definition) is 1. The Morgan fingerprint density at radius 1 is 1.17 bits per heavy atom. The van der Waals surface area contributed by atoms with E-state index in [2.05, 4.69) is 4.98 Å². The lowest BCUT2D eigenvalue weighted by molar-refractivity contribution is -0.137. The summed E-state index contributed by atoms with van der Waals surface area (Å²) in [5, 5.41) is -0.224. The third-order valence-electron chi connectivity index (χ3n) is 4.04. The molecule has 0 bridgehead atoms. The van der Waals surface area contributed by atoms with Gasteiger partial charge in [0, 0.05) is 5.56 Å². The van der Waals surface area contributed by atoms with Crippen LogP contribution >= 0.6 is 11.6 Å². The lowest BCUT2D eigenvalue weighted by Crippen LogP contribution is -2.16. The molecule has 158 valence electrons. The average molecular weight is 447 g/mol. The molecule has 1 heterocycles. The van der Waals surface area contributed by atoms with Gasteiger partial charge in [-0.05, 0) is 42.8 Å². The van der Waals surface area contributed by atoms with Crippen molar-refractivity contribution < 1.29 is 35.9 Å². The van der Waals surface area contributed by atoms with Crippen LogP contribution in [0.3, 0.4) is 0 Å². The molecule has 30 heavy (non-hydrogen) atoms.